The largest absolute Gasteiger partial charge is 0.497 e. The third-order valence-electron chi connectivity index (χ3n) is 3.88. The predicted molar refractivity (Wildman–Crippen MR) is 115 cm³/mol. The van der Waals surface area contributed by atoms with Gasteiger partial charge < -0.3 is 14.2 Å². The molecule has 0 saturated heterocycles. The zero-order valence-corrected chi connectivity index (χ0v) is 18.3. The lowest BCUT2D eigenvalue weighted by molar-refractivity contribution is -0.151. The van der Waals surface area contributed by atoms with Crippen LogP contribution in [0.25, 0.3) is 5.69 Å². The molecule has 0 bridgehead atoms. The summed E-state index contributed by atoms with van der Waals surface area (Å²) in [5.74, 6) is 1.92. The molecule has 0 saturated carbocycles. The lowest BCUT2D eigenvalue weighted by atomic mass is 10.2. The van der Waals surface area contributed by atoms with E-state index in [1.54, 1.807) is 7.11 Å². The number of rotatable bonds is 8. The average Bonchev–Trinajstić information content (AvgIpc) is 3.13. The molecule has 3 rings (SSSR count). The van der Waals surface area contributed by atoms with Crippen LogP contribution in [0.2, 0.25) is 0 Å². The van der Waals surface area contributed by atoms with Crippen molar-refractivity contribution in [2.45, 2.75) is 38.1 Å². The van der Waals surface area contributed by atoms with Crippen molar-refractivity contribution in [2.24, 2.45) is 0 Å². The Morgan fingerprint density at radius 2 is 1.67 bits per heavy atom. The summed E-state index contributed by atoms with van der Waals surface area (Å²) in [5.41, 5.74) is 0.366. The van der Waals surface area contributed by atoms with Crippen LogP contribution < -0.4 is 9.47 Å². The Labute approximate surface area is 180 Å². The number of esters is 1. The van der Waals surface area contributed by atoms with Crippen LogP contribution in [-0.4, -0.2) is 39.2 Å². The Morgan fingerprint density at radius 1 is 1.00 bits per heavy atom. The molecule has 2 aromatic carbocycles. The van der Waals surface area contributed by atoms with Gasteiger partial charge in [0, 0.05) is 5.69 Å². The number of nitrogens with zero attached hydrogens (tertiary/aromatic N) is 3. The molecule has 1 heterocycles. The van der Waals surface area contributed by atoms with Crippen molar-refractivity contribution in [2.75, 3.05) is 12.9 Å². The van der Waals surface area contributed by atoms with Crippen LogP contribution in [0.1, 0.15) is 26.6 Å². The van der Waals surface area contributed by atoms with Crippen LogP contribution in [0.4, 0.5) is 0 Å². The summed E-state index contributed by atoms with van der Waals surface area (Å²) in [7, 11) is 1.62. The number of thioether (sulfide) groups is 1. The fraction of sp³-hybridized carbons (Fsp3) is 0.318. The molecule has 7 nitrogen and oxygen atoms in total. The second-order valence-corrected chi connectivity index (χ2v) is 8.35. The van der Waals surface area contributed by atoms with Gasteiger partial charge in [0.2, 0.25) is 0 Å². The molecule has 0 N–H and O–H groups in total. The molecule has 0 aliphatic carbocycles. The van der Waals surface area contributed by atoms with E-state index in [0.717, 1.165) is 11.4 Å². The Kier molecular flexibility index (Phi) is 6.99. The van der Waals surface area contributed by atoms with Gasteiger partial charge in [0.15, 0.2) is 11.0 Å². The number of methoxy groups -OCH3 is 1. The smallest absolute Gasteiger partial charge is 0.316 e. The minimum atomic E-state index is -0.526. The SMILES string of the molecule is COc1ccc(OCc2nnc(SCC(=O)OC(C)(C)C)n2-c2ccccc2)cc1. The van der Waals surface area contributed by atoms with Crippen molar-refractivity contribution in [1.82, 2.24) is 14.8 Å². The molecule has 0 aliphatic heterocycles. The van der Waals surface area contributed by atoms with Crippen molar-refractivity contribution >= 4 is 17.7 Å². The minimum absolute atomic E-state index is 0.140. The van der Waals surface area contributed by atoms with Crippen LogP contribution in [-0.2, 0) is 16.1 Å². The van der Waals surface area contributed by atoms with Crippen molar-refractivity contribution in [3.63, 3.8) is 0 Å². The van der Waals surface area contributed by atoms with E-state index in [4.69, 9.17) is 14.2 Å². The van der Waals surface area contributed by atoms with Crippen LogP contribution >= 0.6 is 11.8 Å². The van der Waals surface area contributed by atoms with Crippen LogP contribution in [0.15, 0.2) is 59.8 Å². The molecule has 8 heteroatoms. The van der Waals surface area contributed by atoms with Crippen LogP contribution in [0.5, 0.6) is 11.5 Å². The second-order valence-electron chi connectivity index (χ2n) is 7.41. The van der Waals surface area contributed by atoms with Gasteiger partial charge in [-0.2, -0.15) is 0 Å². The summed E-state index contributed by atoms with van der Waals surface area (Å²) in [4.78, 5) is 12.1. The highest BCUT2D eigenvalue weighted by molar-refractivity contribution is 7.99. The summed E-state index contributed by atoms with van der Waals surface area (Å²) in [6.45, 7) is 5.76. The van der Waals surface area contributed by atoms with E-state index in [2.05, 4.69) is 10.2 Å². The highest BCUT2D eigenvalue weighted by atomic mass is 32.2. The second kappa shape index (κ2) is 9.67. The maximum atomic E-state index is 12.1. The molecule has 30 heavy (non-hydrogen) atoms. The summed E-state index contributed by atoms with van der Waals surface area (Å²) < 4.78 is 18.3. The topological polar surface area (TPSA) is 75.5 Å². The van der Waals surface area contributed by atoms with Crippen molar-refractivity contribution in [1.29, 1.82) is 0 Å². The molecular weight excluding hydrogens is 402 g/mol. The fourth-order valence-electron chi connectivity index (χ4n) is 2.64. The van der Waals surface area contributed by atoms with Crippen LogP contribution in [0, 0.1) is 0 Å². The molecule has 1 aromatic heterocycles. The van der Waals surface area contributed by atoms with Gasteiger partial charge >= 0.3 is 5.97 Å². The van der Waals surface area contributed by atoms with Gasteiger partial charge in [-0.1, -0.05) is 30.0 Å². The van der Waals surface area contributed by atoms with Crippen molar-refractivity contribution < 1.29 is 19.0 Å². The van der Waals surface area contributed by atoms with Gasteiger partial charge in [0.1, 0.15) is 23.7 Å². The number of benzene rings is 2. The van der Waals surface area contributed by atoms with Crippen molar-refractivity contribution in [3.8, 4) is 17.2 Å². The third kappa shape index (κ3) is 6.00. The van der Waals surface area contributed by atoms with Gasteiger partial charge in [-0.3, -0.25) is 9.36 Å². The average molecular weight is 428 g/mol. The third-order valence-corrected chi connectivity index (χ3v) is 4.78. The summed E-state index contributed by atoms with van der Waals surface area (Å²) in [5, 5.41) is 9.15. The van der Waals surface area contributed by atoms with Gasteiger partial charge in [0.05, 0.1) is 12.9 Å². The number of para-hydroxylation sites is 1. The molecule has 0 fully saturated rings. The van der Waals surface area contributed by atoms with E-state index in [1.165, 1.54) is 11.8 Å². The monoisotopic (exact) mass is 427 g/mol. The summed E-state index contributed by atoms with van der Waals surface area (Å²) in [6, 6.07) is 17.1. The molecule has 158 valence electrons. The number of ether oxygens (including phenoxy) is 3. The summed E-state index contributed by atoms with van der Waals surface area (Å²) in [6.07, 6.45) is 0. The molecule has 0 unspecified atom stereocenters. The van der Waals surface area contributed by atoms with Gasteiger partial charge in [0.25, 0.3) is 0 Å². The highest BCUT2D eigenvalue weighted by Gasteiger charge is 2.20. The maximum Gasteiger partial charge on any atom is 0.316 e. The van der Waals surface area contributed by atoms with E-state index in [-0.39, 0.29) is 18.3 Å². The Morgan fingerprint density at radius 3 is 2.30 bits per heavy atom. The van der Waals surface area contributed by atoms with Gasteiger partial charge in [-0.15, -0.1) is 10.2 Å². The Hall–Kier alpha value is -3.00. The number of carbonyl (C=O) groups excluding carboxylic acids is 1. The molecular formula is C22H25N3O4S. The van der Waals surface area contributed by atoms with Gasteiger partial charge in [-0.25, -0.2) is 0 Å². The van der Waals surface area contributed by atoms with E-state index >= 15 is 0 Å². The first-order chi connectivity index (χ1) is 14.4. The zero-order chi connectivity index (χ0) is 21.6. The van der Waals surface area contributed by atoms with Crippen molar-refractivity contribution in [3.05, 3.63) is 60.4 Å². The summed E-state index contributed by atoms with van der Waals surface area (Å²) >= 11 is 1.28. The maximum absolute atomic E-state index is 12.1. The molecule has 0 spiro atoms. The number of aromatic nitrogens is 3. The molecule has 0 aliphatic rings. The van der Waals surface area contributed by atoms with E-state index in [1.807, 2.05) is 79.9 Å². The quantitative estimate of drug-likeness (QED) is 0.392. The lowest BCUT2D eigenvalue weighted by Crippen LogP contribution is -2.25. The number of hydrogen-bond donors (Lipinski definition) is 0. The zero-order valence-electron chi connectivity index (χ0n) is 17.5. The minimum Gasteiger partial charge on any atom is -0.497 e. The number of carbonyl (C=O) groups is 1. The first-order valence-electron chi connectivity index (χ1n) is 9.47. The van der Waals surface area contributed by atoms with E-state index in [0.29, 0.717) is 16.7 Å². The highest BCUT2D eigenvalue weighted by Crippen LogP contribution is 2.24. The lowest BCUT2D eigenvalue weighted by Gasteiger charge is -2.19. The molecule has 0 radical (unpaired) electrons. The first-order valence-corrected chi connectivity index (χ1v) is 10.5. The predicted octanol–water partition coefficient (Wildman–Crippen LogP) is 4.29. The first kappa shape index (κ1) is 21.7. The van der Waals surface area contributed by atoms with Gasteiger partial charge in [-0.05, 0) is 57.2 Å². The Balaban J connectivity index is 1.77. The van der Waals surface area contributed by atoms with Crippen LogP contribution in [0.3, 0.4) is 0 Å². The normalized spacial score (nSPS) is 11.2. The number of hydrogen-bond acceptors (Lipinski definition) is 7. The molecule has 3 aromatic rings. The Bertz CT molecular complexity index is 966. The standard InChI is InChI=1S/C22H25N3O4S/c1-22(2,3)29-20(26)15-30-21-24-23-19(25(21)16-8-6-5-7-9-16)14-28-18-12-10-17(27-4)11-13-18/h5-13H,14-15H2,1-4H3. The fourth-order valence-corrected chi connectivity index (χ4v) is 3.38. The molecule has 0 amide bonds. The van der Waals surface area contributed by atoms with E-state index in [9.17, 15) is 4.79 Å². The molecule has 0 atom stereocenters. The van der Waals surface area contributed by atoms with E-state index < -0.39 is 5.60 Å².